The van der Waals surface area contributed by atoms with Crippen LogP contribution in [0, 0.1) is 0 Å². The van der Waals surface area contributed by atoms with Crippen LogP contribution in [0.4, 0.5) is 5.69 Å². The first-order valence-corrected chi connectivity index (χ1v) is 9.06. The Morgan fingerprint density at radius 1 is 1.00 bits per heavy atom. The third kappa shape index (κ3) is 4.55. The first kappa shape index (κ1) is 19.0. The van der Waals surface area contributed by atoms with E-state index >= 15 is 0 Å². The molecule has 0 unspecified atom stereocenters. The van der Waals surface area contributed by atoms with Crippen LogP contribution in [0.3, 0.4) is 0 Å². The molecule has 0 aliphatic heterocycles. The van der Waals surface area contributed by atoms with Crippen molar-refractivity contribution in [1.82, 2.24) is 30.0 Å². The highest BCUT2D eigenvalue weighted by atomic mass is 16.5. The Kier molecular flexibility index (Phi) is 5.56. The Bertz CT molecular complexity index is 1140. The predicted octanol–water partition coefficient (Wildman–Crippen LogP) is 1.85. The summed E-state index contributed by atoms with van der Waals surface area (Å²) in [6.45, 7) is -0.0706. The van der Waals surface area contributed by atoms with Crippen LogP contribution in [0.5, 0.6) is 0 Å². The Labute approximate surface area is 171 Å². The first-order valence-electron chi connectivity index (χ1n) is 9.06. The van der Waals surface area contributed by atoms with Gasteiger partial charge in [-0.2, -0.15) is 5.10 Å². The maximum atomic E-state index is 12.6. The lowest BCUT2D eigenvalue weighted by atomic mass is 10.2. The second-order valence-electron chi connectivity index (χ2n) is 6.26. The SMILES string of the molecule is O=C(Cn1cnnn1)Nc1ccccc1C(=O)OCc1ccn(-c2ccccc2)n1. The Hall–Kier alpha value is -4.34. The largest absolute Gasteiger partial charge is 0.455 e. The zero-order valence-electron chi connectivity index (χ0n) is 15.8. The van der Waals surface area contributed by atoms with Crippen molar-refractivity contribution in [3.63, 3.8) is 0 Å². The Balaban J connectivity index is 1.39. The minimum Gasteiger partial charge on any atom is -0.455 e. The van der Waals surface area contributed by atoms with E-state index in [1.807, 2.05) is 30.3 Å². The van der Waals surface area contributed by atoms with E-state index in [-0.39, 0.29) is 24.6 Å². The molecular formula is C20H17N7O3. The molecule has 10 nitrogen and oxygen atoms in total. The molecular weight excluding hydrogens is 386 g/mol. The fraction of sp³-hybridized carbons (Fsp3) is 0.100. The van der Waals surface area contributed by atoms with Gasteiger partial charge in [0, 0.05) is 6.20 Å². The minimum absolute atomic E-state index is 0.00553. The van der Waals surface area contributed by atoms with Gasteiger partial charge in [-0.25, -0.2) is 14.2 Å². The Morgan fingerprint density at radius 2 is 1.80 bits per heavy atom. The number of nitrogens with one attached hydrogen (secondary N) is 1. The van der Waals surface area contributed by atoms with Gasteiger partial charge in [0.2, 0.25) is 5.91 Å². The third-order valence-corrected chi connectivity index (χ3v) is 4.13. The number of esters is 1. The molecule has 0 spiro atoms. The number of benzene rings is 2. The van der Waals surface area contributed by atoms with Gasteiger partial charge in [0.1, 0.15) is 25.2 Å². The molecule has 4 rings (SSSR count). The number of carbonyl (C=O) groups excluding carboxylic acids is 2. The lowest BCUT2D eigenvalue weighted by Crippen LogP contribution is -2.21. The maximum absolute atomic E-state index is 12.6. The van der Waals surface area contributed by atoms with Crippen molar-refractivity contribution in [2.75, 3.05) is 5.32 Å². The molecule has 2 aromatic carbocycles. The van der Waals surface area contributed by atoms with E-state index in [0.29, 0.717) is 11.4 Å². The molecule has 0 fully saturated rings. The minimum atomic E-state index is -0.567. The van der Waals surface area contributed by atoms with Gasteiger partial charge in [0.25, 0.3) is 0 Å². The van der Waals surface area contributed by atoms with E-state index in [9.17, 15) is 9.59 Å². The molecule has 0 radical (unpaired) electrons. The van der Waals surface area contributed by atoms with E-state index in [0.717, 1.165) is 5.69 Å². The van der Waals surface area contributed by atoms with Crippen LogP contribution in [0.25, 0.3) is 5.69 Å². The van der Waals surface area contributed by atoms with Gasteiger partial charge in [-0.05, 0) is 40.8 Å². The number of hydrogen-bond acceptors (Lipinski definition) is 7. The van der Waals surface area contributed by atoms with Crippen molar-refractivity contribution in [2.24, 2.45) is 0 Å². The van der Waals surface area contributed by atoms with E-state index < -0.39 is 5.97 Å². The number of tetrazole rings is 1. The van der Waals surface area contributed by atoms with Crippen molar-refractivity contribution in [3.8, 4) is 5.69 Å². The lowest BCUT2D eigenvalue weighted by molar-refractivity contribution is -0.116. The second-order valence-corrected chi connectivity index (χ2v) is 6.26. The average Bonchev–Trinajstić information content (AvgIpc) is 3.45. The third-order valence-electron chi connectivity index (χ3n) is 4.13. The standard InChI is InChI=1S/C20H17N7O3/c28-19(12-26-14-21-24-25-26)22-18-9-5-4-8-17(18)20(29)30-13-15-10-11-27(23-15)16-6-2-1-3-7-16/h1-11,14H,12-13H2,(H,22,28). The van der Waals surface area contributed by atoms with Crippen LogP contribution in [0.2, 0.25) is 0 Å². The molecule has 0 atom stereocenters. The number of para-hydroxylation sites is 2. The zero-order chi connectivity index (χ0) is 20.8. The van der Waals surface area contributed by atoms with Crippen LogP contribution < -0.4 is 5.32 Å². The second kappa shape index (κ2) is 8.78. The summed E-state index contributed by atoms with van der Waals surface area (Å²) in [5.74, 6) is -0.938. The number of aromatic nitrogens is 6. The van der Waals surface area contributed by atoms with Gasteiger partial charge in [-0.3, -0.25) is 4.79 Å². The van der Waals surface area contributed by atoms with Crippen LogP contribution in [0.1, 0.15) is 16.1 Å². The van der Waals surface area contributed by atoms with Gasteiger partial charge < -0.3 is 10.1 Å². The number of carbonyl (C=O) groups is 2. The van der Waals surface area contributed by atoms with Crippen molar-refractivity contribution >= 4 is 17.6 Å². The summed E-state index contributed by atoms with van der Waals surface area (Å²) in [4.78, 5) is 24.7. The molecule has 0 saturated carbocycles. The van der Waals surface area contributed by atoms with Crippen molar-refractivity contribution in [3.05, 3.63) is 84.4 Å². The predicted molar refractivity (Wildman–Crippen MR) is 106 cm³/mol. The summed E-state index contributed by atoms with van der Waals surface area (Å²) in [7, 11) is 0. The van der Waals surface area contributed by atoms with Crippen molar-refractivity contribution in [2.45, 2.75) is 13.2 Å². The molecule has 2 heterocycles. The molecule has 1 amide bonds. The number of rotatable bonds is 7. The zero-order valence-corrected chi connectivity index (χ0v) is 15.8. The molecule has 4 aromatic rings. The number of ether oxygens (including phenoxy) is 1. The highest BCUT2D eigenvalue weighted by Gasteiger charge is 2.15. The van der Waals surface area contributed by atoms with E-state index in [1.165, 1.54) is 11.0 Å². The number of hydrogen-bond donors (Lipinski definition) is 1. The molecule has 10 heteroatoms. The topological polar surface area (TPSA) is 117 Å². The normalized spacial score (nSPS) is 10.5. The van der Waals surface area contributed by atoms with Crippen LogP contribution in [-0.2, 0) is 22.7 Å². The fourth-order valence-electron chi connectivity index (χ4n) is 2.74. The average molecular weight is 403 g/mol. The first-order chi connectivity index (χ1) is 14.7. The molecule has 150 valence electrons. The van der Waals surface area contributed by atoms with Crippen LogP contribution in [-0.4, -0.2) is 41.9 Å². The highest BCUT2D eigenvalue weighted by molar-refractivity contribution is 6.01. The molecule has 30 heavy (non-hydrogen) atoms. The monoisotopic (exact) mass is 403 g/mol. The summed E-state index contributed by atoms with van der Waals surface area (Å²) >= 11 is 0. The molecule has 1 N–H and O–H groups in total. The number of nitrogens with zero attached hydrogens (tertiary/aromatic N) is 6. The fourth-order valence-corrected chi connectivity index (χ4v) is 2.74. The Morgan fingerprint density at radius 3 is 2.60 bits per heavy atom. The van der Waals surface area contributed by atoms with Gasteiger partial charge >= 0.3 is 5.97 Å². The van der Waals surface area contributed by atoms with Gasteiger partial charge in [-0.15, -0.1) is 5.10 Å². The quantitative estimate of drug-likeness (QED) is 0.468. The summed E-state index contributed by atoms with van der Waals surface area (Å²) < 4.78 is 8.37. The maximum Gasteiger partial charge on any atom is 0.340 e. The highest BCUT2D eigenvalue weighted by Crippen LogP contribution is 2.17. The van der Waals surface area contributed by atoms with Gasteiger partial charge in [0.05, 0.1) is 16.9 Å². The summed E-state index contributed by atoms with van der Waals surface area (Å²) in [5, 5.41) is 17.7. The molecule has 2 aromatic heterocycles. The summed E-state index contributed by atoms with van der Waals surface area (Å²) in [6.07, 6.45) is 3.12. The van der Waals surface area contributed by atoms with Crippen molar-refractivity contribution in [1.29, 1.82) is 0 Å². The van der Waals surface area contributed by atoms with Crippen LogP contribution >= 0.6 is 0 Å². The number of amides is 1. The lowest BCUT2D eigenvalue weighted by Gasteiger charge is -2.10. The van der Waals surface area contributed by atoms with Gasteiger partial charge in [-0.1, -0.05) is 30.3 Å². The molecule has 0 aliphatic rings. The number of anilines is 1. The molecule has 0 aliphatic carbocycles. The molecule has 0 saturated heterocycles. The van der Waals surface area contributed by atoms with Gasteiger partial charge in [0.15, 0.2) is 0 Å². The van der Waals surface area contributed by atoms with Crippen molar-refractivity contribution < 1.29 is 14.3 Å². The van der Waals surface area contributed by atoms with Crippen LogP contribution in [0.15, 0.2) is 73.2 Å². The van der Waals surface area contributed by atoms with E-state index in [1.54, 1.807) is 41.2 Å². The smallest absolute Gasteiger partial charge is 0.340 e. The summed E-state index contributed by atoms with van der Waals surface area (Å²) in [6, 6.07) is 18.0. The van der Waals surface area contributed by atoms with E-state index in [4.69, 9.17) is 4.74 Å². The molecule has 0 bridgehead atoms. The van der Waals surface area contributed by atoms with E-state index in [2.05, 4.69) is 25.9 Å². The summed E-state index contributed by atoms with van der Waals surface area (Å²) in [5.41, 5.74) is 2.10.